The molecule has 0 aromatic heterocycles. The van der Waals surface area contributed by atoms with E-state index in [1.54, 1.807) is 13.0 Å². The molecule has 3 N–H and O–H groups in total. The third-order valence-corrected chi connectivity index (χ3v) is 4.77. The Balaban J connectivity index is 2.27. The first-order valence-electron chi connectivity index (χ1n) is 6.51. The molecule has 1 amide bonds. The van der Waals surface area contributed by atoms with E-state index in [-0.39, 0.29) is 10.9 Å². The van der Waals surface area contributed by atoms with Crippen molar-refractivity contribution in [1.82, 2.24) is 0 Å². The van der Waals surface area contributed by atoms with Gasteiger partial charge in [0.15, 0.2) is 0 Å². The number of aryl methyl sites for hydroxylation is 1. The molecule has 0 aliphatic carbocycles. The second kappa shape index (κ2) is 6.37. The van der Waals surface area contributed by atoms with Gasteiger partial charge < -0.3 is 15.8 Å². The first-order chi connectivity index (χ1) is 9.86. The molecule has 4 nitrogen and oxygen atoms in total. The lowest BCUT2D eigenvalue weighted by molar-refractivity contribution is -0.126. The van der Waals surface area contributed by atoms with Gasteiger partial charge in [-0.2, -0.15) is 0 Å². The van der Waals surface area contributed by atoms with Gasteiger partial charge in [0.2, 0.25) is 5.91 Å². The topological polar surface area (TPSA) is 64.4 Å². The number of carbonyl (C=O) groups excluding carboxylic acids is 1. The van der Waals surface area contributed by atoms with Crippen LogP contribution in [0.3, 0.4) is 0 Å². The molecule has 21 heavy (non-hydrogen) atoms. The van der Waals surface area contributed by atoms with Crippen molar-refractivity contribution in [2.24, 2.45) is 11.1 Å². The van der Waals surface area contributed by atoms with Crippen LogP contribution in [0, 0.1) is 18.2 Å². The summed E-state index contributed by atoms with van der Waals surface area (Å²) in [5, 5.41) is 2.75. The number of benzene rings is 1. The number of hydrogen-bond donors (Lipinski definition) is 2. The van der Waals surface area contributed by atoms with Crippen molar-refractivity contribution in [2.45, 2.75) is 19.8 Å². The second-order valence-corrected chi connectivity index (χ2v) is 6.39. The maximum atomic E-state index is 13.6. The molecule has 1 heterocycles. The van der Waals surface area contributed by atoms with Gasteiger partial charge in [-0.3, -0.25) is 4.79 Å². The van der Waals surface area contributed by atoms with Crippen LogP contribution in [0.5, 0.6) is 0 Å². The summed E-state index contributed by atoms with van der Waals surface area (Å²) in [6.45, 7) is 2.65. The lowest BCUT2D eigenvalue weighted by atomic mass is 9.79. The van der Waals surface area contributed by atoms with Crippen molar-refractivity contribution < 1.29 is 13.9 Å². The fourth-order valence-corrected chi connectivity index (χ4v) is 3.08. The zero-order valence-electron chi connectivity index (χ0n) is 11.5. The molecule has 0 bridgehead atoms. The molecule has 0 radical (unpaired) electrons. The number of amides is 1. The Hall–Kier alpha value is -1.05. The molecular weight excluding hydrogens is 359 g/mol. The van der Waals surface area contributed by atoms with E-state index in [0.717, 1.165) is 5.56 Å². The number of rotatable bonds is 3. The lowest BCUT2D eigenvalue weighted by Gasteiger charge is -2.34. The summed E-state index contributed by atoms with van der Waals surface area (Å²) in [6, 6.07) is 2.90. The molecule has 7 heteroatoms. The van der Waals surface area contributed by atoms with E-state index in [4.69, 9.17) is 22.7 Å². The van der Waals surface area contributed by atoms with E-state index in [2.05, 4.69) is 21.2 Å². The van der Waals surface area contributed by atoms with Gasteiger partial charge in [0.25, 0.3) is 0 Å². The molecule has 1 aliphatic heterocycles. The molecule has 2 rings (SSSR count). The van der Waals surface area contributed by atoms with Crippen LogP contribution in [0.15, 0.2) is 16.6 Å². The number of carbonyl (C=O) groups is 1. The van der Waals surface area contributed by atoms with Gasteiger partial charge in [0.05, 0.1) is 9.46 Å². The maximum absolute atomic E-state index is 13.6. The highest BCUT2D eigenvalue weighted by Crippen LogP contribution is 2.33. The zero-order chi connectivity index (χ0) is 15.6. The molecule has 0 spiro atoms. The van der Waals surface area contributed by atoms with Crippen LogP contribution in [0.25, 0.3) is 0 Å². The summed E-state index contributed by atoms with van der Waals surface area (Å²) in [5.41, 5.74) is 6.03. The Labute approximate surface area is 136 Å². The van der Waals surface area contributed by atoms with Gasteiger partial charge >= 0.3 is 0 Å². The van der Waals surface area contributed by atoms with Gasteiger partial charge in [-0.15, -0.1) is 0 Å². The van der Waals surface area contributed by atoms with E-state index >= 15 is 0 Å². The minimum absolute atomic E-state index is 0.151. The van der Waals surface area contributed by atoms with Gasteiger partial charge in [-0.1, -0.05) is 12.2 Å². The number of nitrogens with one attached hydrogen (secondary N) is 1. The van der Waals surface area contributed by atoms with Crippen molar-refractivity contribution in [3.63, 3.8) is 0 Å². The summed E-state index contributed by atoms with van der Waals surface area (Å²) in [5.74, 6) is -0.740. The van der Waals surface area contributed by atoms with Gasteiger partial charge in [0.1, 0.15) is 11.2 Å². The zero-order valence-corrected chi connectivity index (χ0v) is 13.9. The average Bonchev–Trinajstić information content (AvgIpc) is 2.45. The monoisotopic (exact) mass is 374 g/mol. The minimum atomic E-state index is -0.927. The Bertz CT molecular complexity index is 589. The van der Waals surface area contributed by atoms with E-state index in [1.807, 2.05) is 0 Å². The third-order valence-electron chi connectivity index (χ3n) is 3.77. The quantitative estimate of drug-likeness (QED) is 0.798. The molecular formula is C14H16BrFN2O2S. The van der Waals surface area contributed by atoms with Crippen LogP contribution in [-0.2, 0) is 9.53 Å². The molecule has 1 aliphatic rings. The lowest BCUT2D eigenvalue weighted by Crippen LogP contribution is -2.49. The molecule has 0 atom stereocenters. The molecule has 1 aromatic rings. The highest BCUT2D eigenvalue weighted by molar-refractivity contribution is 9.10. The third kappa shape index (κ3) is 3.25. The van der Waals surface area contributed by atoms with Crippen LogP contribution in [0.1, 0.15) is 18.4 Å². The number of halogens is 2. The predicted octanol–water partition coefficient (Wildman–Crippen LogP) is 2.92. The van der Waals surface area contributed by atoms with E-state index < -0.39 is 11.2 Å². The molecule has 0 unspecified atom stereocenters. The van der Waals surface area contributed by atoms with Crippen LogP contribution >= 0.6 is 28.1 Å². The van der Waals surface area contributed by atoms with E-state index in [0.29, 0.717) is 36.2 Å². The Morgan fingerprint density at radius 1 is 1.48 bits per heavy atom. The predicted molar refractivity (Wildman–Crippen MR) is 86.7 cm³/mol. The van der Waals surface area contributed by atoms with E-state index in [1.165, 1.54) is 6.07 Å². The van der Waals surface area contributed by atoms with Crippen molar-refractivity contribution in [2.75, 3.05) is 18.5 Å². The van der Waals surface area contributed by atoms with Crippen molar-refractivity contribution >= 4 is 44.7 Å². The molecule has 1 aromatic carbocycles. The molecule has 0 saturated carbocycles. The minimum Gasteiger partial charge on any atom is -0.392 e. The fraction of sp³-hybridized carbons (Fsp3) is 0.429. The van der Waals surface area contributed by atoms with Crippen LogP contribution in [0.4, 0.5) is 10.1 Å². The summed E-state index contributed by atoms with van der Waals surface area (Å²) in [7, 11) is 0. The summed E-state index contributed by atoms with van der Waals surface area (Å²) < 4.78 is 19.3. The summed E-state index contributed by atoms with van der Waals surface area (Å²) in [4.78, 5) is 12.8. The van der Waals surface area contributed by atoms with Crippen LogP contribution < -0.4 is 11.1 Å². The summed E-state index contributed by atoms with van der Waals surface area (Å²) in [6.07, 6.45) is 0.873. The highest BCUT2D eigenvalue weighted by Gasteiger charge is 2.43. The maximum Gasteiger partial charge on any atom is 0.237 e. The normalized spacial score (nSPS) is 17.3. The summed E-state index contributed by atoms with van der Waals surface area (Å²) >= 11 is 8.19. The second-order valence-electron chi connectivity index (χ2n) is 5.09. The van der Waals surface area contributed by atoms with Crippen LogP contribution in [-0.4, -0.2) is 24.1 Å². The van der Waals surface area contributed by atoms with Gasteiger partial charge in [-0.05, 0) is 53.4 Å². The standard InChI is InChI=1S/C14H16BrFN2O2S/c1-8-6-9(15)10(16)7-11(8)18-13(19)14(12(17)21)2-4-20-5-3-14/h6-7H,2-5H2,1H3,(H2,17,21)(H,18,19). The van der Waals surface area contributed by atoms with E-state index in [9.17, 15) is 9.18 Å². The highest BCUT2D eigenvalue weighted by atomic mass is 79.9. The smallest absolute Gasteiger partial charge is 0.237 e. The average molecular weight is 375 g/mol. The number of thiocarbonyl (C=S) groups is 1. The van der Waals surface area contributed by atoms with Crippen molar-refractivity contribution in [3.05, 3.63) is 28.0 Å². The van der Waals surface area contributed by atoms with Crippen molar-refractivity contribution in [1.29, 1.82) is 0 Å². The van der Waals surface area contributed by atoms with Gasteiger partial charge in [-0.25, -0.2) is 4.39 Å². The fourth-order valence-electron chi connectivity index (χ4n) is 2.33. The van der Waals surface area contributed by atoms with Crippen molar-refractivity contribution in [3.8, 4) is 0 Å². The Kier molecular flexibility index (Phi) is 4.95. The first kappa shape index (κ1) is 16.3. The SMILES string of the molecule is Cc1cc(Br)c(F)cc1NC(=O)C1(C(N)=S)CCOCC1. The number of hydrogen-bond acceptors (Lipinski definition) is 3. The number of anilines is 1. The molecule has 1 saturated heterocycles. The Morgan fingerprint density at radius 3 is 2.67 bits per heavy atom. The Morgan fingerprint density at radius 2 is 2.10 bits per heavy atom. The molecule has 1 fully saturated rings. The first-order valence-corrected chi connectivity index (χ1v) is 7.72. The largest absolute Gasteiger partial charge is 0.392 e. The number of nitrogens with two attached hydrogens (primary N) is 1. The molecule has 114 valence electrons. The van der Waals surface area contributed by atoms with Crippen LogP contribution in [0.2, 0.25) is 0 Å². The number of ether oxygens (including phenoxy) is 1. The van der Waals surface area contributed by atoms with Gasteiger partial charge in [0, 0.05) is 18.9 Å².